The lowest BCUT2D eigenvalue weighted by atomic mass is 10.3. The molecule has 0 radical (unpaired) electrons. The quantitative estimate of drug-likeness (QED) is 0.592. The molecule has 0 amide bonds. The van der Waals surface area contributed by atoms with Crippen LogP contribution in [0.15, 0.2) is 21.1 Å². The molecule has 0 nitrogen and oxygen atoms in total. The minimum absolute atomic E-state index is 1.04. The number of thiophene rings is 2. The lowest BCUT2D eigenvalue weighted by molar-refractivity contribution is 1.18. The number of hydrogen-bond donors (Lipinski definition) is 0. The van der Waals surface area contributed by atoms with Crippen LogP contribution in [0.5, 0.6) is 0 Å². The third-order valence-electron chi connectivity index (χ3n) is 2.63. The zero-order valence-corrected chi connectivity index (χ0v) is 14.7. The maximum absolute atomic E-state index is 3.66. The van der Waals surface area contributed by atoms with Gasteiger partial charge in [-0.1, -0.05) is 13.8 Å². The number of rotatable bonds is 4. The number of hydrogen-bond acceptors (Lipinski definition) is 2. The van der Waals surface area contributed by atoms with E-state index >= 15 is 0 Å². The van der Waals surface area contributed by atoms with Crippen LogP contribution in [0.2, 0.25) is 0 Å². The highest BCUT2D eigenvalue weighted by molar-refractivity contribution is 9.11. The molecular formula is C13H14Br2S2. The third-order valence-corrected chi connectivity index (χ3v) is 7.13. The average Bonchev–Trinajstić information content (AvgIpc) is 2.84. The average molecular weight is 394 g/mol. The van der Waals surface area contributed by atoms with Gasteiger partial charge in [0.1, 0.15) is 0 Å². The molecule has 0 N–H and O–H groups in total. The largest absolute Gasteiger partial charge is 0.144 e. The Morgan fingerprint density at radius 1 is 0.882 bits per heavy atom. The van der Waals surface area contributed by atoms with Crippen LogP contribution in [0.4, 0.5) is 0 Å². The van der Waals surface area contributed by atoms with Crippen LogP contribution in [-0.2, 0) is 19.3 Å². The van der Waals surface area contributed by atoms with Crippen molar-refractivity contribution in [2.75, 3.05) is 0 Å². The molecule has 0 spiro atoms. The first-order valence-corrected chi connectivity index (χ1v) is 8.90. The zero-order chi connectivity index (χ0) is 12.4. The first-order valence-electron chi connectivity index (χ1n) is 5.68. The molecule has 0 saturated heterocycles. The van der Waals surface area contributed by atoms with Crippen LogP contribution in [0.25, 0.3) is 0 Å². The van der Waals surface area contributed by atoms with E-state index < -0.39 is 0 Å². The molecule has 2 aromatic heterocycles. The summed E-state index contributed by atoms with van der Waals surface area (Å²) in [5, 5.41) is 0. The molecule has 2 rings (SSSR count). The van der Waals surface area contributed by atoms with E-state index in [9.17, 15) is 0 Å². The second-order valence-electron chi connectivity index (χ2n) is 3.85. The molecule has 0 aliphatic heterocycles. The minimum Gasteiger partial charge on any atom is -0.144 e. The maximum atomic E-state index is 3.66. The molecule has 4 heteroatoms. The van der Waals surface area contributed by atoms with Gasteiger partial charge in [-0.05, 0) is 56.8 Å². The summed E-state index contributed by atoms with van der Waals surface area (Å²) in [7, 11) is 0. The Hall–Kier alpha value is 0.360. The fourth-order valence-electron chi connectivity index (χ4n) is 1.65. The van der Waals surface area contributed by atoms with E-state index in [4.69, 9.17) is 0 Å². The summed E-state index contributed by atoms with van der Waals surface area (Å²) in [6.07, 6.45) is 3.28. The van der Waals surface area contributed by atoms with E-state index in [1.165, 1.54) is 28.5 Å². The van der Waals surface area contributed by atoms with E-state index in [1.807, 2.05) is 22.7 Å². The van der Waals surface area contributed by atoms with Crippen LogP contribution in [0.1, 0.15) is 33.4 Å². The number of halogens is 2. The van der Waals surface area contributed by atoms with Crippen LogP contribution < -0.4 is 0 Å². The van der Waals surface area contributed by atoms with Crippen molar-refractivity contribution in [3.63, 3.8) is 0 Å². The first kappa shape index (κ1) is 13.8. The Kier molecular flexibility index (Phi) is 4.87. The Labute approximate surface area is 127 Å². The SMILES string of the molecule is CCc1cc(Br)c(Cc2sc(CC)cc2Br)s1. The number of aryl methyl sites for hydroxylation is 2. The summed E-state index contributed by atoms with van der Waals surface area (Å²) in [6.45, 7) is 4.41. The second-order valence-corrected chi connectivity index (χ2v) is 8.00. The lowest BCUT2D eigenvalue weighted by Crippen LogP contribution is -1.80. The summed E-state index contributed by atoms with van der Waals surface area (Å²) >= 11 is 11.2. The van der Waals surface area contributed by atoms with Gasteiger partial charge in [-0.25, -0.2) is 0 Å². The van der Waals surface area contributed by atoms with E-state index in [1.54, 1.807) is 0 Å². The molecule has 0 unspecified atom stereocenters. The van der Waals surface area contributed by atoms with E-state index in [-0.39, 0.29) is 0 Å². The van der Waals surface area contributed by atoms with Gasteiger partial charge >= 0.3 is 0 Å². The van der Waals surface area contributed by atoms with Gasteiger partial charge in [-0.2, -0.15) is 0 Å². The second kappa shape index (κ2) is 6.00. The highest BCUT2D eigenvalue weighted by atomic mass is 79.9. The van der Waals surface area contributed by atoms with Gasteiger partial charge in [0.25, 0.3) is 0 Å². The molecule has 2 heterocycles. The maximum Gasteiger partial charge on any atom is 0.0320 e. The van der Waals surface area contributed by atoms with Crippen molar-refractivity contribution >= 4 is 54.5 Å². The Morgan fingerprint density at radius 2 is 1.29 bits per heavy atom. The summed E-state index contributed by atoms with van der Waals surface area (Å²) in [6, 6.07) is 4.50. The van der Waals surface area contributed by atoms with Gasteiger partial charge in [-0.15, -0.1) is 22.7 Å². The van der Waals surface area contributed by atoms with Gasteiger partial charge in [-0.3, -0.25) is 0 Å². The van der Waals surface area contributed by atoms with Crippen LogP contribution in [0.3, 0.4) is 0 Å². The smallest absolute Gasteiger partial charge is 0.0320 e. The highest BCUT2D eigenvalue weighted by Gasteiger charge is 2.11. The molecule has 0 bridgehead atoms. The monoisotopic (exact) mass is 392 g/mol. The zero-order valence-electron chi connectivity index (χ0n) is 9.85. The van der Waals surface area contributed by atoms with Crippen LogP contribution in [-0.4, -0.2) is 0 Å². The summed E-state index contributed by atoms with van der Waals surface area (Å²) in [5.41, 5.74) is 0. The third kappa shape index (κ3) is 3.22. The van der Waals surface area contributed by atoms with Crippen molar-refractivity contribution in [3.05, 3.63) is 40.6 Å². The molecule has 0 aromatic carbocycles. The summed E-state index contributed by atoms with van der Waals surface area (Å²) in [5.74, 6) is 0. The van der Waals surface area contributed by atoms with Crippen LogP contribution >= 0.6 is 54.5 Å². The summed E-state index contributed by atoms with van der Waals surface area (Å²) in [4.78, 5) is 5.78. The molecule has 0 aliphatic carbocycles. The Balaban J connectivity index is 2.24. The van der Waals surface area contributed by atoms with Crippen molar-refractivity contribution in [2.45, 2.75) is 33.1 Å². The summed E-state index contributed by atoms with van der Waals surface area (Å²) < 4.78 is 2.52. The van der Waals surface area contributed by atoms with Crippen molar-refractivity contribution < 1.29 is 0 Å². The molecule has 17 heavy (non-hydrogen) atoms. The van der Waals surface area contributed by atoms with Gasteiger partial charge in [0.15, 0.2) is 0 Å². The Morgan fingerprint density at radius 3 is 1.59 bits per heavy atom. The fourth-order valence-corrected chi connectivity index (χ4v) is 5.39. The van der Waals surface area contributed by atoms with Crippen molar-refractivity contribution in [1.29, 1.82) is 0 Å². The van der Waals surface area contributed by atoms with E-state index in [2.05, 4.69) is 57.8 Å². The highest BCUT2D eigenvalue weighted by Crippen LogP contribution is 2.35. The Bertz CT molecular complexity index is 465. The molecule has 0 fully saturated rings. The molecule has 0 atom stereocenters. The van der Waals surface area contributed by atoms with Crippen molar-refractivity contribution in [1.82, 2.24) is 0 Å². The topological polar surface area (TPSA) is 0 Å². The molecular weight excluding hydrogens is 380 g/mol. The van der Waals surface area contributed by atoms with Crippen LogP contribution in [0, 0.1) is 0 Å². The molecule has 0 aliphatic rings. The minimum atomic E-state index is 1.04. The fraction of sp³-hybridized carbons (Fsp3) is 0.385. The predicted molar refractivity (Wildman–Crippen MR) is 85.6 cm³/mol. The van der Waals surface area contributed by atoms with E-state index in [0.717, 1.165) is 19.3 Å². The first-order chi connectivity index (χ1) is 8.13. The van der Waals surface area contributed by atoms with Crippen molar-refractivity contribution in [2.24, 2.45) is 0 Å². The standard InChI is InChI=1S/C13H14Br2S2/c1-3-8-5-10(14)12(16-8)7-13-11(15)6-9(4-2)17-13/h5-6H,3-4,7H2,1-2H3. The lowest BCUT2D eigenvalue weighted by Gasteiger charge is -1.97. The molecule has 92 valence electrons. The van der Waals surface area contributed by atoms with Gasteiger partial charge in [0, 0.05) is 34.9 Å². The van der Waals surface area contributed by atoms with Gasteiger partial charge < -0.3 is 0 Å². The normalized spacial score (nSPS) is 11.1. The van der Waals surface area contributed by atoms with Gasteiger partial charge in [0.2, 0.25) is 0 Å². The predicted octanol–water partition coefficient (Wildman–Crippen LogP) is 6.05. The van der Waals surface area contributed by atoms with E-state index in [0.29, 0.717) is 0 Å². The van der Waals surface area contributed by atoms with Crippen molar-refractivity contribution in [3.8, 4) is 0 Å². The van der Waals surface area contributed by atoms with Gasteiger partial charge in [0.05, 0.1) is 0 Å². The molecule has 0 saturated carbocycles. The molecule has 2 aromatic rings.